The molecule has 2 aliphatic heterocycles. The lowest BCUT2D eigenvalue weighted by atomic mass is 9.99. The van der Waals surface area contributed by atoms with Crippen molar-refractivity contribution in [2.24, 2.45) is 0 Å². The van der Waals surface area contributed by atoms with Gasteiger partial charge in [0.2, 0.25) is 5.91 Å². The van der Waals surface area contributed by atoms with Gasteiger partial charge in [-0.2, -0.15) is 5.01 Å². The van der Waals surface area contributed by atoms with Gasteiger partial charge in [-0.1, -0.05) is 102 Å². The number of piperazine rings is 1. The Morgan fingerprint density at radius 1 is 0.929 bits per heavy atom. The van der Waals surface area contributed by atoms with Crippen LogP contribution in [0.1, 0.15) is 22.7 Å². The van der Waals surface area contributed by atoms with E-state index in [1.54, 1.807) is 40.1 Å². The maximum Gasteiger partial charge on any atom is 0.332 e. The molecule has 42 heavy (non-hydrogen) atoms. The number of fused-ring (bicyclic) bond motifs is 2. The van der Waals surface area contributed by atoms with Crippen LogP contribution in [0.5, 0.6) is 0 Å². The van der Waals surface area contributed by atoms with Crippen molar-refractivity contribution < 1.29 is 14.4 Å². The zero-order chi connectivity index (χ0) is 29.4. The SMILES string of the molecule is CN(C(=O)NCc1ccc(Cl)c(Cl)c1)N1CC(=O)N2C(c3ccccc3)C(=O)N(Cc3cccc4ccccc34)C[C@@H]21. The number of carbonyl (C=O) groups excluding carboxylic acids is 3. The van der Waals surface area contributed by atoms with E-state index >= 15 is 0 Å². The highest BCUT2D eigenvalue weighted by molar-refractivity contribution is 6.42. The molecule has 0 aromatic heterocycles. The lowest BCUT2D eigenvalue weighted by molar-refractivity contribution is -0.157. The van der Waals surface area contributed by atoms with Crippen molar-refractivity contribution in [2.45, 2.75) is 25.3 Å². The molecule has 2 heterocycles. The number of benzene rings is 4. The summed E-state index contributed by atoms with van der Waals surface area (Å²) in [6, 6.07) is 27.5. The first-order valence-corrected chi connectivity index (χ1v) is 14.4. The molecule has 2 aliphatic rings. The minimum absolute atomic E-state index is 0.0277. The average molecular weight is 603 g/mol. The van der Waals surface area contributed by atoms with Crippen LogP contribution < -0.4 is 5.32 Å². The summed E-state index contributed by atoms with van der Waals surface area (Å²) >= 11 is 12.1. The normalized spacial score (nSPS) is 18.8. The molecule has 0 aliphatic carbocycles. The molecule has 2 atom stereocenters. The molecule has 2 saturated heterocycles. The Morgan fingerprint density at radius 2 is 1.67 bits per heavy atom. The maximum absolute atomic E-state index is 14.1. The summed E-state index contributed by atoms with van der Waals surface area (Å²) in [5, 5.41) is 9.05. The van der Waals surface area contributed by atoms with Gasteiger partial charge < -0.3 is 15.1 Å². The molecular formula is C32H29Cl2N5O3. The number of hydrogen-bond acceptors (Lipinski definition) is 4. The van der Waals surface area contributed by atoms with Gasteiger partial charge in [0.1, 0.15) is 12.2 Å². The molecule has 4 amide bonds. The molecular weight excluding hydrogens is 573 g/mol. The van der Waals surface area contributed by atoms with Crippen molar-refractivity contribution in [1.29, 1.82) is 0 Å². The number of urea groups is 1. The van der Waals surface area contributed by atoms with Crippen molar-refractivity contribution in [3.63, 3.8) is 0 Å². The molecule has 6 rings (SSSR count). The van der Waals surface area contributed by atoms with Crippen molar-refractivity contribution in [1.82, 2.24) is 25.1 Å². The Balaban J connectivity index is 1.28. The van der Waals surface area contributed by atoms with E-state index < -0.39 is 12.2 Å². The lowest BCUT2D eigenvalue weighted by Crippen LogP contribution is -2.62. The van der Waals surface area contributed by atoms with Crippen LogP contribution in [0.3, 0.4) is 0 Å². The fourth-order valence-corrected chi connectivity index (χ4v) is 6.11. The first-order chi connectivity index (χ1) is 20.3. The summed E-state index contributed by atoms with van der Waals surface area (Å²) in [5.41, 5.74) is 2.54. The summed E-state index contributed by atoms with van der Waals surface area (Å²) in [7, 11) is 1.63. The van der Waals surface area contributed by atoms with Crippen LogP contribution in [-0.4, -0.2) is 64.0 Å². The standard InChI is InChI=1S/C32H29Cl2N5O3/c1-36(32(42)35-17-21-14-15-26(33)27(34)16-21)38-20-29(40)39-28(38)19-37(31(41)30(39)23-9-3-2-4-10-23)18-24-12-7-11-22-8-5-6-13-25(22)24/h2-16,28,30H,17-20H2,1H3,(H,35,42)/t28-,30?/m1/s1. The van der Waals surface area contributed by atoms with Crippen molar-refractivity contribution >= 4 is 51.8 Å². The minimum atomic E-state index is -0.801. The number of nitrogens with one attached hydrogen (secondary N) is 1. The topological polar surface area (TPSA) is 76.2 Å². The van der Waals surface area contributed by atoms with E-state index in [9.17, 15) is 14.4 Å². The first-order valence-electron chi connectivity index (χ1n) is 13.7. The Labute approximate surface area is 254 Å². The predicted molar refractivity (Wildman–Crippen MR) is 162 cm³/mol. The molecule has 0 radical (unpaired) electrons. The van der Waals surface area contributed by atoms with Crippen molar-refractivity contribution in [3.8, 4) is 0 Å². The molecule has 2 fully saturated rings. The van der Waals surface area contributed by atoms with Crippen molar-refractivity contribution in [2.75, 3.05) is 20.1 Å². The number of nitrogens with zero attached hydrogens (tertiary/aromatic N) is 4. The lowest BCUT2D eigenvalue weighted by Gasteiger charge is -2.46. The Kier molecular flexibility index (Phi) is 7.77. The third-order valence-corrected chi connectivity index (χ3v) is 8.66. The second-order valence-corrected chi connectivity index (χ2v) is 11.3. The molecule has 0 saturated carbocycles. The van der Waals surface area contributed by atoms with Gasteiger partial charge in [0.15, 0.2) is 0 Å². The fraction of sp³-hybridized carbons (Fsp3) is 0.219. The van der Waals surface area contributed by atoms with Crippen LogP contribution in [0.25, 0.3) is 10.8 Å². The molecule has 4 aromatic carbocycles. The predicted octanol–water partition coefficient (Wildman–Crippen LogP) is 5.46. The molecule has 214 valence electrons. The highest BCUT2D eigenvalue weighted by Gasteiger charge is 2.52. The van der Waals surface area contributed by atoms with E-state index in [0.717, 1.165) is 27.5 Å². The second-order valence-electron chi connectivity index (χ2n) is 10.5. The van der Waals surface area contributed by atoms with E-state index in [1.165, 1.54) is 5.01 Å². The minimum Gasteiger partial charge on any atom is -0.333 e. The maximum atomic E-state index is 14.1. The quantitative estimate of drug-likeness (QED) is 0.318. The van der Waals surface area contributed by atoms with Gasteiger partial charge in [-0.25, -0.2) is 4.79 Å². The molecule has 1 N–H and O–H groups in total. The third-order valence-electron chi connectivity index (χ3n) is 7.92. The molecule has 8 nitrogen and oxygen atoms in total. The van der Waals surface area contributed by atoms with E-state index in [1.807, 2.05) is 66.7 Å². The average Bonchev–Trinajstić information content (AvgIpc) is 3.33. The summed E-state index contributed by atoms with van der Waals surface area (Å²) in [5.74, 6) is -0.358. The number of rotatable bonds is 6. The van der Waals surface area contributed by atoms with E-state index in [0.29, 0.717) is 16.6 Å². The molecule has 10 heteroatoms. The summed E-state index contributed by atoms with van der Waals surface area (Å²) in [6.07, 6.45) is -0.531. The summed E-state index contributed by atoms with van der Waals surface area (Å²) in [6.45, 7) is 0.833. The van der Waals surface area contributed by atoms with Crippen LogP contribution >= 0.6 is 23.2 Å². The smallest absolute Gasteiger partial charge is 0.332 e. The van der Waals surface area contributed by atoms with Gasteiger partial charge in [-0.3, -0.25) is 14.6 Å². The molecule has 1 unspecified atom stereocenters. The number of hydrazine groups is 1. The largest absolute Gasteiger partial charge is 0.333 e. The molecule has 4 aromatic rings. The fourth-order valence-electron chi connectivity index (χ4n) is 5.79. The van der Waals surface area contributed by atoms with Gasteiger partial charge in [0.05, 0.1) is 23.1 Å². The Morgan fingerprint density at radius 3 is 2.45 bits per heavy atom. The molecule has 0 spiro atoms. The third kappa shape index (κ3) is 5.29. The number of amides is 4. The highest BCUT2D eigenvalue weighted by atomic mass is 35.5. The zero-order valence-corrected chi connectivity index (χ0v) is 24.4. The van der Waals surface area contributed by atoms with Gasteiger partial charge in [-0.15, -0.1) is 0 Å². The van der Waals surface area contributed by atoms with Crippen LogP contribution in [0, 0.1) is 0 Å². The van der Waals surface area contributed by atoms with E-state index in [2.05, 4.69) is 11.4 Å². The number of halogens is 2. The van der Waals surface area contributed by atoms with Crippen molar-refractivity contribution in [3.05, 3.63) is 118 Å². The highest BCUT2D eigenvalue weighted by Crippen LogP contribution is 2.36. The molecule has 0 bridgehead atoms. The Hall–Kier alpha value is -4.11. The first kappa shape index (κ1) is 28.0. The van der Waals surface area contributed by atoms with Crippen LogP contribution in [0.15, 0.2) is 91.0 Å². The van der Waals surface area contributed by atoms with E-state index in [4.69, 9.17) is 23.2 Å². The van der Waals surface area contributed by atoms with Gasteiger partial charge >= 0.3 is 6.03 Å². The summed E-state index contributed by atoms with van der Waals surface area (Å²) < 4.78 is 0. The number of hydrogen-bond donors (Lipinski definition) is 1. The monoisotopic (exact) mass is 601 g/mol. The van der Waals surface area contributed by atoms with Gasteiger partial charge in [-0.05, 0) is 39.6 Å². The number of carbonyl (C=O) groups is 3. The zero-order valence-electron chi connectivity index (χ0n) is 22.9. The van der Waals surface area contributed by atoms with Crippen LogP contribution in [-0.2, 0) is 22.7 Å². The van der Waals surface area contributed by atoms with Crippen LogP contribution in [0.2, 0.25) is 10.0 Å². The summed E-state index contributed by atoms with van der Waals surface area (Å²) in [4.78, 5) is 44.3. The second kappa shape index (κ2) is 11.6. The van der Waals surface area contributed by atoms with Gasteiger partial charge in [0, 0.05) is 20.1 Å². The Bertz CT molecular complexity index is 1660. The van der Waals surface area contributed by atoms with Gasteiger partial charge in [0.25, 0.3) is 5.91 Å². The van der Waals surface area contributed by atoms with E-state index in [-0.39, 0.29) is 37.5 Å². The van der Waals surface area contributed by atoms with Crippen LogP contribution in [0.4, 0.5) is 4.79 Å².